The van der Waals surface area contributed by atoms with E-state index in [1.807, 2.05) is 0 Å². The Balaban J connectivity index is 2.65. The van der Waals surface area contributed by atoms with Gasteiger partial charge in [0, 0.05) is 19.7 Å². The number of carboxylic acid groups (broad SMARTS) is 1. The fraction of sp³-hybridized carbons (Fsp3) is 0.364. The number of carbonyl (C=O) groups excluding carboxylic acids is 1. The van der Waals surface area contributed by atoms with Crippen molar-refractivity contribution in [3.05, 3.63) is 29.0 Å². The van der Waals surface area contributed by atoms with E-state index in [2.05, 4.69) is 15.0 Å². The van der Waals surface area contributed by atoms with Crippen LogP contribution in [0.25, 0.3) is 0 Å². The first-order valence-electron chi connectivity index (χ1n) is 5.14. The summed E-state index contributed by atoms with van der Waals surface area (Å²) in [6.07, 6.45) is 1.61. The van der Waals surface area contributed by atoms with Crippen molar-refractivity contribution in [3.63, 3.8) is 0 Å². The quantitative estimate of drug-likeness (QED) is 0.736. The molecule has 1 rings (SSSR count). The molecule has 0 aliphatic carbocycles. The van der Waals surface area contributed by atoms with Crippen LogP contribution in [0.5, 0.6) is 0 Å². The van der Waals surface area contributed by atoms with Crippen molar-refractivity contribution in [1.82, 2.24) is 10.3 Å². The summed E-state index contributed by atoms with van der Waals surface area (Å²) in [6.45, 7) is -0.178. The number of nitrogens with zero attached hydrogens (tertiary/aromatic N) is 1. The number of rotatable bonds is 6. The predicted molar refractivity (Wildman–Crippen MR) is 64.4 cm³/mol. The number of carbonyl (C=O) groups is 2. The highest BCUT2D eigenvalue weighted by Crippen LogP contribution is 2.07. The van der Waals surface area contributed by atoms with Gasteiger partial charge in [-0.25, -0.2) is 9.78 Å². The van der Waals surface area contributed by atoms with Gasteiger partial charge in [0.1, 0.15) is 17.8 Å². The van der Waals surface area contributed by atoms with Gasteiger partial charge in [-0.05, 0) is 11.6 Å². The molecular weight excluding hydrogens is 260 g/mol. The molecular formula is C11H13ClN2O4. The Morgan fingerprint density at radius 2 is 2.28 bits per heavy atom. The van der Waals surface area contributed by atoms with Crippen molar-refractivity contribution < 1.29 is 19.4 Å². The standard InChI is InChI=1S/C11H13ClN2O4/c1-18-6-10(15)14-8(11(16)17)4-7-2-3-9(12)13-5-7/h2-3,5,8H,4,6H2,1H3,(H,14,15)(H,16,17)/t8-/m1/s1. The van der Waals surface area contributed by atoms with Gasteiger partial charge in [0.25, 0.3) is 0 Å². The Bertz CT molecular complexity index is 422. The second-order valence-electron chi connectivity index (χ2n) is 3.58. The van der Waals surface area contributed by atoms with Crippen LogP contribution in [0.4, 0.5) is 0 Å². The van der Waals surface area contributed by atoms with Crippen LogP contribution in [0, 0.1) is 0 Å². The number of hydrogen-bond acceptors (Lipinski definition) is 4. The van der Waals surface area contributed by atoms with Gasteiger partial charge in [-0.1, -0.05) is 17.7 Å². The van der Waals surface area contributed by atoms with E-state index in [1.54, 1.807) is 12.1 Å². The van der Waals surface area contributed by atoms with E-state index >= 15 is 0 Å². The third-order valence-corrected chi connectivity index (χ3v) is 2.36. The van der Waals surface area contributed by atoms with E-state index in [-0.39, 0.29) is 13.0 Å². The number of aliphatic carboxylic acids is 1. The molecule has 0 fully saturated rings. The number of nitrogens with one attached hydrogen (secondary N) is 1. The Morgan fingerprint density at radius 3 is 2.78 bits per heavy atom. The molecule has 7 heteroatoms. The highest BCUT2D eigenvalue weighted by molar-refractivity contribution is 6.29. The van der Waals surface area contributed by atoms with Gasteiger partial charge >= 0.3 is 5.97 Å². The SMILES string of the molecule is COCC(=O)N[C@H](Cc1ccc(Cl)nc1)C(=O)O. The maximum absolute atomic E-state index is 11.3. The Kier molecular flexibility index (Phi) is 5.54. The number of pyridine rings is 1. The average molecular weight is 273 g/mol. The molecule has 0 bridgehead atoms. The maximum atomic E-state index is 11.3. The minimum Gasteiger partial charge on any atom is -0.480 e. The Morgan fingerprint density at radius 1 is 1.56 bits per heavy atom. The fourth-order valence-corrected chi connectivity index (χ4v) is 1.44. The normalized spacial score (nSPS) is 11.9. The summed E-state index contributed by atoms with van der Waals surface area (Å²) in [7, 11) is 1.36. The van der Waals surface area contributed by atoms with Gasteiger partial charge < -0.3 is 15.2 Å². The summed E-state index contributed by atoms with van der Waals surface area (Å²) < 4.78 is 4.62. The van der Waals surface area contributed by atoms with E-state index < -0.39 is 17.9 Å². The first-order valence-corrected chi connectivity index (χ1v) is 5.52. The first-order chi connectivity index (χ1) is 8.52. The molecule has 18 heavy (non-hydrogen) atoms. The van der Waals surface area contributed by atoms with Crippen molar-refractivity contribution in [2.24, 2.45) is 0 Å². The molecule has 1 aromatic heterocycles. The van der Waals surface area contributed by atoms with Crippen molar-refractivity contribution >= 4 is 23.5 Å². The third-order valence-electron chi connectivity index (χ3n) is 2.14. The Labute approximate surface area is 109 Å². The molecule has 0 unspecified atom stereocenters. The average Bonchev–Trinajstić information content (AvgIpc) is 2.31. The molecule has 0 aromatic carbocycles. The number of halogens is 1. The van der Waals surface area contributed by atoms with Crippen LogP contribution in [-0.2, 0) is 20.7 Å². The number of amides is 1. The number of carboxylic acids is 1. The maximum Gasteiger partial charge on any atom is 0.326 e. The topological polar surface area (TPSA) is 88.5 Å². The molecule has 0 saturated heterocycles. The molecule has 1 aromatic rings. The zero-order valence-corrected chi connectivity index (χ0v) is 10.5. The second kappa shape index (κ2) is 6.93. The zero-order chi connectivity index (χ0) is 13.5. The molecule has 0 spiro atoms. The van der Waals surface area contributed by atoms with E-state index in [9.17, 15) is 9.59 Å². The summed E-state index contributed by atoms with van der Waals surface area (Å²) >= 11 is 5.62. The van der Waals surface area contributed by atoms with Gasteiger partial charge in [-0.3, -0.25) is 4.79 Å². The number of ether oxygens (including phenoxy) is 1. The smallest absolute Gasteiger partial charge is 0.326 e. The molecule has 0 saturated carbocycles. The number of hydrogen-bond donors (Lipinski definition) is 2. The van der Waals surface area contributed by atoms with Gasteiger partial charge in [0.05, 0.1) is 0 Å². The van der Waals surface area contributed by atoms with E-state index in [0.29, 0.717) is 10.7 Å². The summed E-state index contributed by atoms with van der Waals surface area (Å²) in [4.78, 5) is 26.1. The second-order valence-corrected chi connectivity index (χ2v) is 3.97. The van der Waals surface area contributed by atoms with Gasteiger partial charge in [0.2, 0.25) is 5.91 Å². The summed E-state index contributed by atoms with van der Waals surface area (Å²) in [5.74, 6) is -1.60. The lowest BCUT2D eigenvalue weighted by Gasteiger charge is -2.14. The first kappa shape index (κ1) is 14.4. The van der Waals surface area contributed by atoms with Crippen molar-refractivity contribution in [2.75, 3.05) is 13.7 Å². The fourth-order valence-electron chi connectivity index (χ4n) is 1.33. The molecule has 98 valence electrons. The monoisotopic (exact) mass is 272 g/mol. The summed E-state index contributed by atoms with van der Waals surface area (Å²) in [5.41, 5.74) is 0.671. The third kappa shape index (κ3) is 4.68. The molecule has 1 heterocycles. The predicted octanol–water partition coefficient (Wildman–Crippen LogP) is 0.493. The summed E-state index contributed by atoms with van der Waals surface area (Å²) in [5, 5.41) is 11.7. The lowest BCUT2D eigenvalue weighted by atomic mass is 10.1. The largest absolute Gasteiger partial charge is 0.480 e. The lowest BCUT2D eigenvalue weighted by molar-refractivity contribution is -0.142. The molecule has 0 radical (unpaired) electrons. The number of methoxy groups -OCH3 is 1. The lowest BCUT2D eigenvalue weighted by Crippen LogP contribution is -2.43. The highest BCUT2D eigenvalue weighted by Gasteiger charge is 2.20. The molecule has 0 aliphatic rings. The zero-order valence-electron chi connectivity index (χ0n) is 9.72. The van der Waals surface area contributed by atoms with Crippen LogP contribution >= 0.6 is 11.6 Å². The van der Waals surface area contributed by atoms with Crippen molar-refractivity contribution in [2.45, 2.75) is 12.5 Å². The molecule has 2 N–H and O–H groups in total. The van der Waals surface area contributed by atoms with E-state index in [1.165, 1.54) is 13.3 Å². The minimum absolute atomic E-state index is 0.134. The summed E-state index contributed by atoms with van der Waals surface area (Å²) in [6, 6.07) is 2.20. The molecule has 6 nitrogen and oxygen atoms in total. The van der Waals surface area contributed by atoms with Crippen LogP contribution in [-0.4, -0.2) is 41.7 Å². The molecule has 0 aliphatic heterocycles. The van der Waals surface area contributed by atoms with Gasteiger partial charge in [-0.15, -0.1) is 0 Å². The Hall–Kier alpha value is -1.66. The van der Waals surface area contributed by atoms with Crippen LogP contribution in [0.3, 0.4) is 0 Å². The van der Waals surface area contributed by atoms with Crippen molar-refractivity contribution in [3.8, 4) is 0 Å². The molecule has 1 amide bonds. The van der Waals surface area contributed by atoms with Gasteiger partial charge in [-0.2, -0.15) is 0 Å². The van der Waals surface area contributed by atoms with Crippen LogP contribution in [0.1, 0.15) is 5.56 Å². The highest BCUT2D eigenvalue weighted by atomic mass is 35.5. The van der Waals surface area contributed by atoms with Crippen LogP contribution in [0.2, 0.25) is 5.15 Å². The van der Waals surface area contributed by atoms with Crippen LogP contribution in [0.15, 0.2) is 18.3 Å². The van der Waals surface area contributed by atoms with Crippen molar-refractivity contribution in [1.29, 1.82) is 0 Å². The van der Waals surface area contributed by atoms with Gasteiger partial charge in [0.15, 0.2) is 0 Å². The van der Waals surface area contributed by atoms with E-state index in [0.717, 1.165) is 0 Å². The van der Waals surface area contributed by atoms with E-state index in [4.69, 9.17) is 16.7 Å². The minimum atomic E-state index is -1.12. The number of aromatic nitrogens is 1. The van der Waals surface area contributed by atoms with Crippen LogP contribution < -0.4 is 5.32 Å². The molecule has 1 atom stereocenters.